The molecule has 3 rings (SSSR count). The van der Waals surface area contributed by atoms with Crippen LogP contribution in [0.2, 0.25) is 0 Å². The molecule has 25 heavy (non-hydrogen) atoms. The van der Waals surface area contributed by atoms with Gasteiger partial charge < -0.3 is 9.88 Å². The molecule has 1 aromatic heterocycles. The number of amides is 1. The van der Waals surface area contributed by atoms with Gasteiger partial charge in [-0.25, -0.2) is 4.39 Å². The lowest BCUT2D eigenvalue weighted by Gasteiger charge is -2.15. The van der Waals surface area contributed by atoms with Gasteiger partial charge in [-0.15, -0.1) is 0 Å². The minimum atomic E-state index is -0.509. The lowest BCUT2D eigenvalue weighted by Crippen LogP contribution is -2.31. The fourth-order valence-electron chi connectivity index (χ4n) is 2.74. The molecule has 6 heteroatoms. The lowest BCUT2D eigenvalue weighted by molar-refractivity contribution is 0.0938. The number of nitrogens with zero attached hydrogens (tertiary/aromatic N) is 1. The van der Waals surface area contributed by atoms with Crippen molar-refractivity contribution < 1.29 is 9.18 Å². The number of rotatable bonds is 3. The summed E-state index contributed by atoms with van der Waals surface area (Å²) in [7, 11) is 1.72. The third-order valence-corrected chi connectivity index (χ3v) is 4.64. The van der Waals surface area contributed by atoms with Crippen molar-refractivity contribution in [2.24, 2.45) is 7.05 Å². The van der Waals surface area contributed by atoms with Crippen molar-refractivity contribution in [1.29, 1.82) is 0 Å². The highest BCUT2D eigenvalue weighted by atomic mass is 79.9. The van der Waals surface area contributed by atoms with Gasteiger partial charge in [-0.2, -0.15) is 0 Å². The van der Waals surface area contributed by atoms with Crippen molar-refractivity contribution in [3.63, 3.8) is 0 Å². The first kappa shape index (κ1) is 17.4. The number of carbonyl (C=O) groups excluding carboxylic acids is 1. The highest BCUT2D eigenvalue weighted by Gasteiger charge is 2.17. The molecule has 1 N–H and O–H groups in total. The van der Waals surface area contributed by atoms with Gasteiger partial charge in [-0.05, 0) is 42.8 Å². The molecule has 1 amide bonds. The van der Waals surface area contributed by atoms with Gasteiger partial charge in [0.25, 0.3) is 5.91 Å². The Morgan fingerprint density at radius 1 is 1.20 bits per heavy atom. The molecule has 0 bridgehead atoms. The van der Waals surface area contributed by atoms with Crippen LogP contribution in [0.25, 0.3) is 10.9 Å². The average molecular weight is 403 g/mol. The number of pyridine rings is 1. The second-order valence-corrected chi connectivity index (χ2v) is 6.81. The van der Waals surface area contributed by atoms with E-state index in [0.29, 0.717) is 5.52 Å². The number of aryl methyl sites for hydroxylation is 1. The molecular formula is C19H16BrFN2O2. The summed E-state index contributed by atoms with van der Waals surface area (Å²) in [6, 6.07) is 11.3. The van der Waals surface area contributed by atoms with Crippen LogP contribution in [0, 0.1) is 5.82 Å². The van der Waals surface area contributed by atoms with Crippen molar-refractivity contribution in [3.8, 4) is 0 Å². The van der Waals surface area contributed by atoms with Crippen LogP contribution >= 0.6 is 15.9 Å². The van der Waals surface area contributed by atoms with E-state index in [1.165, 1.54) is 18.3 Å². The Hall–Kier alpha value is -2.47. The van der Waals surface area contributed by atoms with E-state index in [-0.39, 0.29) is 17.0 Å². The van der Waals surface area contributed by atoms with E-state index >= 15 is 0 Å². The quantitative estimate of drug-likeness (QED) is 0.721. The van der Waals surface area contributed by atoms with Gasteiger partial charge in [0.1, 0.15) is 11.4 Å². The first-order valence-electron chi connectivity index (χ1n) is 7.72. The van der Waals surface area contributed by atoms with Crippen LogP contribution in [0.4, 0.5) is 4.39 Å². The van der Waals surface area contributed by atoms with Gasteiger partial charge in [-0.3, -0.25) is 9.59 Å². The maximum atomic E-state index is 13.5. The first-order valence-corrected chi connectivity index (χ1v) is 8.51. The second kappa shape index (κ2) is 6.80. The third kappa shape index (κ3) is 3.49. The van der Waals surface area contributed by atoms with Crippen LogP contribution in [0.3, 0.4) is 0 Å². The van der Waals surface area contributed by atoms with E-state index < -0.39 is 17.2 Å². The molecule has 128 valence electrons. The summed E-state index contributed by atoms with van der Waals surface area (Å²) >= 11 is 3.37. The van der Waals surface area contributed by atoms with E-state index in [9.17, 15) is 14.0 Å². The lowest BCUT2D eigenvalue weighted by atomic mass is 10.1. The molecule has 0 radical (unpaired) electrons. The molecule has 0 fully saturated rings. The topological polar surface area (TPSA) is 51.1 Å². The van der Waals surface area contributed by atoms with E-state index in [1.807, 2.05) is 31.2 Å². The van der Waals surface area contributed by atoms with Crippen LogP contribution in [0.5, 0.6) is 0 Å². The zero-order valence-electron chi connectivity index (χ0n) is 13.7. The fraction of sp³-hybridized carbons (Fsp3) is 0.158. The smallest absolute Gasteiger partial charge is 0.257 e. The molecule has 3 aromatic rings. The number of aromatic nitrogens is 1. The fourth-order valence-corrected chi connectivity index (χ4v) is 3.00. The summed E-state index contributed by atoms with van der Waals surface area (Å²) in [6.07, 6.45) is 1.48. The van der Waals surface area contributed by atoms with E-state index in [1.54, 1.807) is 11.6 Å². The van der Waals surface area contributed by atoms with E-state index in [2.05, 4.69) is 21.2 Å². The molecular weight excluding hydrogens is 387 g/mol. The predicted molar refractivity (Wildman–Crippen MR) is 99.2 cm³/mol. The number of nitrogens with one attached hydrogen (secondary N) is 1. The zero-order valence-corrected chi connectivity index (χ0v) is 15.3. The molecule has 0 aliphatic heterocycles. The molecule has 4 nitrogen and oxygen atoms in total. The molecule has 0 aliphatic carbocycles. The monoisotopic (exact) mass is 402 g/mol. The highest BCUT2D eigenvalue weighted by Crippen LogP contribution is 2.17. The van der Waals surface area contributed by atoms with Crippen molar-refractivity contribution in [1.82, 2.24) is 9.88 Å². The molecule has 0 saturated carbocycles. The Labute approximate surface area is 152 Å². The summed E-state index contributed by atoms with van der Waals surface area (Å²) in [6.45, 7) is 1.84. The van der Waals surface area contributed by atoms with E-state index in [0.717, 1.165) is 16.1 Å². The Balaban J connectivity index is 1.95. The Bertz CT molecular complexity index is 1010. The van der Waals surface area contributed by atoms with Crippen LogP contribution < -0.4 is 10.7 Å². The maximum absolute atomic E-state index is 13.5. The number of halogens is 2. The van der Waals surface area contributed by atoms with Gasteiger partial charge in [-0.1, -0.05) is 28.1 Å². The number of hydrogen-bond donors (Lipinski definition) is 1. The van der Waals surface area contributed by atoms with Crippen LogP contribution in [0.15, 0.2) is 57.9 Å². The minimum absolute atomic E-state index is 0.00967. The Kier molecular flexibility index (Phi) is 4.72. The molecule has 0 spiro atoms. The van der Waals surface area contributed by atoms with Crippen molar-refractivity contribution in [3.05, 3.63) is 80.3 Å². The molecule has 0 saturated heterocycles. The van der Waals surface area contributed by atoms with Gasteiger partial charge in [0, 0.05) is 23.1 Å². The van der Waals surface area contributed by atoms with Gasteiger partial charge in [0.2, 0.25) is 5.43 Å². The molecule has 1 unspecified atom stereocenters. The number of hydrogen-bond acceptors (Lipinski definition) is 2. The summed E-state index contributed by atoms with van der Waals surface area (Å²) in [5.74, 6) is -0.993. The zero-order chi connectivity index (χ0) is 18.1. The average Bonchev–Trinajstić information content (AvgIpc) is 2.58. The SMILES string of the molecule is CC(NC(=O)c1cn(C)c2ccc(F)cc2c1=O)c1ccc(Br)cc1. The minimum Gasteiger partial charge on any atom is -0.350 e. The molecule has 1 atom stereocenters. The summed E-state index contributed by atoms with van der Waals surface area (Å²) in [4.78, 5) is 25.2. The Morgan fingerprint density at radius 3 is 2.56 bits per heavy atom. The number of fused-ring (bicyclic) bond motifs is 1. The Morgan fingerprint density at radius 2 is 1.88 bits per heavy atom. The summed E-state index contributed by atoms with van der Waals surface area (Å²) in [5, 5.41) is 3.00. The summed E-state index contributed by atoms with van der Waals surface area (Å²) < 4.78 is 16.1. The van der Waals surface area contributed by atoms with Crippen LogP contribution in [-0.2, 0) is 7.05 Å². The summed E-state index contributed by atoms with van der Waals surface area (Å²) in [5.41, 5.74) is 1.00. The van der Waals surface area contributed by atoms with Crippen molar-refractivity contribution in [2.75, 3.05) is 0 Å². The maximum Gasteiger partial charge on any atom is 0.257 e. The van der Waals surface area contributed by atoms with Crippen molar-refractivity contribution >= 4 is 32.7 Å². The van der Waals surface area contributed by atoms with Gasteiger partial charge in [0.15, 0.2) is 0 Å². The molecule has 2 aromatic carbocycles. The normalized spacial score (nSPS) is 12.2. The van der Waals surface area contributed by atoms with Crippen molar-refractivity contribution in [2.45, 2.75) is 13.0 Å². The first-order chi connectivity index (χ1) is 11.9. The molecule has 0 aliphatic rings. The predicted octanol–water partition coefficient (Wildman–Crippen LogP) is 3.93. The highest BCUT2D eigenvalue weighted by molar-refractivity contribution is 9.10. The van der Waals surface area contributed by atoms with E-state index in [4.69, 9.17) is 0 Å². The number of carbonyl (C=O) groups is 1. The largest absolute Gasteiger partial charge is 0.350 e. The van der Waals surface area contributed by atoms with Gasteiger partial charge >= 0.3 is 0 Å². The van der Waals surface area contributed by atoms with Crippen LogP contribution in [0.1, 0.15) is 28.9 Å². The van der Waals surface area contributed by atoms with Crippen LogP contribution in [-0.4, -0.2) is 10.5 Å². The second-order valence-electron chi connectivity index (χ2n) is 5.89. The van der Waals surface area contributed by atoms with Gasteiger partial charge in [0.05, 0.1) is 11.6 Å². The number of benzene rings is 2. The third-order valence-electron chi connectivity index (χ3n) is 4.11. The molecule has 1 heterocycles. The standard InChI is InChI=1S/C19H16BrFN2O2/c1-11(12-3-5-13(20)6-4-12)22-19(25)16-10-23(2)17-8-7-14(21)9-15(17)18(16)24/h3-11H,1-2H3,(H,22,25).